The molecule has 2 aliphatic rings. The third-order valence-corrected chi connectivity index (χ3v) is 7.19. The van der Waals surface area contributed by atoms with Gasteiger partial charge in [-0.3, -0.25) is 0 Å². The molecule has 1 saturated carbocycles. The molecule has 4 rings (SSSR count). The van der Waals surface area contributed by atoms with Gasteiger partial charge in [-0.25, -0.2) is 14.4 Å². The summed E-state index contributed by atoms with van der Waals surface area (Å²) in [4.78, 5) is 8.98. The number of methoxy groups -OCH3 is 1. The summed E-state index contributed by atoms with van der Waals surface area (Å²) in [6, 6.07) is 5.79. The minimum absolute atomic E-state index is 0.167. The first kappa shape index (κ1) is 26.0. The van der Waals surface area contributed by atoms with Gasteiger partial charge in [-0.05, 0) is 56.7 Å². The summed E-state index contributed by atoms with van der Waals surface area (Å²) in [5, 5.41) is 10.6. The second kappa shape index (κ2) is 12.3. The number of hydrogen-bond acceptors (Lipinski definition) is 8. The number of rotatable bonds is 10. The minimum Gasteiger partial charge on any atom is -0.383 e. The number of nitrogens with zero attached hydrogens (tertiary/aromatic N) is 2. The molecule has 0 radical (unpaired) electrons. The first-order valence-corrected chi connectivity index (χ1v) is 12.8. The van der Waals surface area contributed by atoms with Gasteiger partial charge in [-0.2, -0.15) is 0 Å². The van der Waals surface area contributed by atoms with E-state index in [4.69, 9.17) is 26.8 Å². The molecule has 192 valence electrons. The SMILES string of the molecule is COCCN[C@H]1CC[C@H](Nc2cc(-c3ccc(F)c(NCC4(N)CCOCC4)n3)c(Cl)cn2)CC1. The number of halogens is 2. The molecule has 1 aliphatic carbocycles. The highest BCUT2D eigenvalue weighted by Crippen LogP contribution is 2.31. The highest BCUT2D eigenvalue weighted by atomic mass is 35.5. The van der Waals surface area contributed by atoms with Crippen molar-refractivity contribution in [3.63, 3.8) is 0 Å². The Morgan fingerprint density at radius 1 is 1.20 bits per heavy atom. The monoisotopic (exact) mass is 506 g/mol. The molecule has 10 heteroatoms. The summed E-state index contributed by atoms with van der Waals surface area (Å²) >= 11 is 6.47. The van der Waals surface area contributed by atoms with Gasteiger partial charge in [0.2, 0.25) is 0 Å². The van der Waals surface area contributed by atoms with Crippen LogP contribution < -0.4 is 21.7 Å². The molecule has 1 aliphatic heterocycles. The first-order chi connectivity index (χ1) is 17.0. The maximum Gasteiger partial charge on any atom is 0.165 e. The standard InChI is InChI=1S/C25H36ClFN6O2/c1-34-13-10-29-17-2-4-18(5-3-17)32-23-14-19(20(26)15-30-23)22-7-6-21(27)24(33-22)31-16-25(28)8-11-35-12-9-25/h6-7,14-15,17-18,29H,2-5,8-13,16,28H2,1H3,(H,30,32)(H,31,33)/t17-,18-. The fourth-order valence-electron chi connectivity index (χ4n) is 4.66. The molecule has 0 spiro atoms. The lowest BCUT2D eigenvalue weighted by Crippen LogP contribution is -2.50. The molecule has 2 aromatic heterocycles. The van der Waals surface area contributed by atoms with Crippen molar-refractivity contribution in [3.8, 4) is 11.3 Å². The van der Waals surface area contributed by atoms with E-state index < -0.39 is 11.4 Å². The Hall–Kier alpha value is -2.04. The molecule has 5 N–H and O–H groups in total. The zero-order valence-corrected chi connectivity index (χ0v) is 21.0. The zero-order chi connectivity index (χ0) is 24.7. The van der Waals surface area contributed by atoms with Crippen LogP contribution in [0.25, 0.3) is 11.3 Å². The predicted molar refractivity (Wildman–Crippen MR) is 137 cm³/mol. The highest BCUT2D eigenvalue weighted by Gasteiger charge is 2.28. The van der Waals surface area contributed by atoms with Gasteiger partial charge < -0.3 is 31.2 Å². The molecule has 2 aromatic rings. The highest BCUT2D eigenvalue weighted by molar-refractivity contribution is 6.33. The van der Waals surface area contributed by atoms with E-state index in [1.54, 1.807) is 19.4 Å². The maximum absolute atomic E-state index is 14.5. The van der Waals surface area contributed by atoms with Crippen LogP contribution in [0.5, 0.6) is 0 Å². The lowest BCUT2D eigenvalue weighted by molar-refractivity contribution is 0.0574. The second-order valence-corrected chi connectivity index (χ2v) is 9.95. The molecule has 0 atom stereocenters. The van der Waals surface area contributed by atoms with Crippen LogP contribution in [-0.2, 0) is 9.47 Å². The number of nitrogens with two attached hydrogens (primary N) is 1. The molecule has 3 heterocycles. The normalized spacial score (nSPS) is 22.1. The van der Waals surface area contributed by atoms with Crippen LogP contribution in [0.2, 0.25) is 5.02 Å². The molecular formula is C25H36ClFN6O2. The molecule has 0 aromatic carbocycles. The van der Waals surface area contributed by atoms with Crippen molar-refractivity contribution in [1.29, 1.82) is 0 Å². The molecule has 0 bridgehead atoms. The number of aromatic nitrogens is 2. The molecule has 1 saturated heterocycles. The van der Waals surface area contributed by atoms with E-state index in [0.717, 1.165) is 57.5 Å². The molecular weight excluding hydrogens is 471 g/mol. The van der Waals surface area contributed by atoms with Crippen molar-refractivity contribution in [2.75, 3.05) is 50.7 Å². The van der Waals surface area contributed by atoms with E-state index in [9.17, 15) is 4.39 Å². The summed E-state index contributed by atoms with van der Waals surface area (Å²) in [5.41, 5.74) is 7.28. The van der Waals surface area contributed by atoms with Gasteiger partial charge in [0.15, 0.2) is 11.6 Å². The van der Waals surface area contributed by atoms with Crippen molar-refractivity contribution in [1.82, 2.24) is 15.3 Å². The molecule has 35 heavy (non-hydrogen) atoms. The average molecular weight is 507 g/mol. The average Bonchev–Trinajstić information content (AvgIpc) is 2.86. The predicted octanol–water partition coefficient (Wildman–Crippen LogP) is 3.82. The number of hydrogen-bond donors (Lipinski definition) is 4. The third-order valence-electron chi connectivity index (χ3n) is 6.89. The maximum atomic E-state index is 14.5. The first-order valence-electron chi connectivity index (χ1n) is 12.4. The van der Waals surface area contributed by atoms with Crippen LogP contribution in [0.1, 0.15) is 38.5 Å². The van der Waals surface area contributed by atoms with E-state index >= 15 is 0 Å². The number of anilines is 2. The van der Waals surface area contributed by atoms with E-state index in [0.29, 0.717) is 48.1 Å². The van der Waals surface area contributed by atoms with Gasteiger partial charge in [0.1, 0.15) is 5.82 Å². The molecule has 2 fully saturated rings. The van der Waals surface area contributed by atoms with Crippen LogP contribution >= 0.6 is 11.6 Å². The van der Waals surface area contributed by atoms with E-state index in [2.05, 4.69) is 25.9 Å². The summed E-state index contributed by atoms with van der Waals surface area (Å²) in [6.07, 6.45) is 7.37. The topological polar surface area (TPSA) is 106 Å². The van der Waals surface area contributed by atoms with Crippen molar-refractivity contribution in [2.45, 2.75) is 56.1 Å². The fourth-order valence-corrected chi connectivity index (χ4v) is 4.86. The Morgan fingerprint density at radius 3 is 2.69 bits per heavy atom. The Bertz CT molecular complexity index is 967. The molecule has 0 amide bonds. The largest absolute Gasteiger partial charge is 0.383 e. The van der Waals surface area contributed by atoms with Crippen LogP contribution in [0.4, 0.5) is 16.0 Å². The zero-order valence-electron chi connectivity index (χ0n) is 20.3. The third kappa shape index (κ3) is 7.24. The van der Waals surface area contributed by atoms with Crippen molar-refractivity contribution < 1.29 is 13.9 Å². The lowest BCUT2D eigenvalue weighted by Gasteiger charge is -2.33. The van der Waals surface area contributed by atoms with Gasteiger partial charge in [0.25, 0.3) is 0 Å². The fraction of sp³-hybridized carbons (Fsp3) is 0.600. The van der Waals surface area contributed by atoms with Gasteiger partial charge in [0, 0.05) is 62.8 Å². The Balaban J connectivity index is 1.40. The van der Waals surface area contributed by atoms with E-state index in [1.165, 1.54) is 6.07 Å². The van der Waals surface area contributed by atoms with Gasteiger partial charge in [0.05, 0.1) is 17.3 Å². The Labute approximate surface area is 211 Å². The van der Waals surface area contributed by atoms with Crippen LogP contribution in [0.3, 0.4) is 0 Å². The summed E-state index contributed by atoms with van der Waals surface area (Å²) < 4.78 is 25.0. The van der Waals surface area contributed by atoms with Gasteiger partial charge >= 0.3 is 0 Å². The van der Waals surface area contributed by atoms with Crippen molar-refractivity contribution >= 4 is 23.2 Å². The number of pyridine rings is 2. The van der Waals surface area contributed by atoms with Crippen molar-refractivity contribution in [3.05, 3.63) is 35.2 Å². The summed E-state index contributed by atoms with van der Waals surface area (Å²) in [7, 11) is 1.72. The van der Waals surface area contributed by atoms with Crippen molar-refractivity contribution in [2.24, 2.45) is 5.73 Å². The number of ether oxygens (including phenoxy) is 2. The van der Waals surface area contributed by atoms with E-state index in [-0.39, 0.29) is 5.82 Å². The number of nitrogens with one attached hydrogen (secondary N) is 3. The Morgan fingerprint density at radius 2 is 1.94 bits per heavy atom. The summed E-state index contributed by atoms with van der Waals surface area (Å²) in [6.45, 7) is 3.25. The lowest BCUT2D eigenvalue weighted by atomic mass is 9.91. The quantitative estimate of drug-likeness (QED) is 0.360. The molecule has 0 unspecified atom stereocenters. The van der Waals surface area contributed by atoms with Crippen LogP contribution in [0.15, 0.2) is 24.4 Å². The minimum atomic E-state index is -0.438. The summed E-state index contributed by atoms with van der Waals surface area (Å²) in [5.74, 6) is 0.480. The van der Waals surface area contributed by atoms with Crippen LogP contribution in [-0.4, -0.2) is 67.6 Å². The van der Waals surface area contributed by atoms with Gasteiger partial charge in [-0.1, -0.05) is 11.6 Å². The molecule has 8 nitrogen and oxygen atoms in total. The van der Waals surface area contributed by atoms with Gasteiger partial charge in [-0.15, -0.1) is 0 Å². The second-order valence-electron chi connectivity index (χ2n) is 9.54. The Kier molecular flexibility index (Phi) is 9.13. The van der Waals surface area contributed by atoms with E-state index in [1.807, 2.05) is 6.07 Å². The smallest absolute Gasteiger partial charge is 0.165 e. The van der Waals surface area contributed by atoms with Crippen LogP contribution in [0, 0.1) is 5.82 Å².